The Kier molecular flexibility index (Phi) is 9.06. The van der Waals surface area contributed by atoms with Gasteiger partial charge in [-0.1, -0.05) is 68.6 Å². The predicted molar refractivity (Wildman–Crippen MR) is 132 cm³/mol. The minimum Gasteiger partial charge on any atom is -0.478 e. The van der Waals surface area contributed by atoms with Gasteiger partial charge in [0.15, 0.2) is 5.17 Å². The number of hydrogen-bond acceptors (Lipinski definition) is 5. The molecule has 1 aliphatic heterocycles. The monoisotopic (exact) mass is 467 g/mol. The van der Waals surface area contributed by atoms with Crippen molar-refractivity contribution in [1.29, 1.82) is 0 Å². The number of carboxylic acids is 1. The highest BCUT2D eigenvalue weighted by Crippen LogP contribution is 2.30. The summed E-state index contributed by atoms with van der Waals surface area (Å²) in [6, 6.07) is 15.4. The summed E-state index contributed by atoms with van der Waals surface area (Å²) >= 11 is 1.27. The third kappa shape index (κ3) is 7.18. The van der Waals surface area contributed by atoms with Crippen molar-refractivity contribution in [3.05, 3.63) is 60.2 Å². The van der Waals surface area contributed by atoms with Gasteiger partial charge < -0.3 is 10.4 Å². The fourth-order valence-corrected chi connectivity index (χ4v) is 4.63. The molecule has 2 N–H and O–H groups in total. The van der Waals surface area contributed by atoms with Gasteiger partial charge in [0, 0.05) is 18.7 Å². The molecule has 1 fully saturated rings. The van der Waals surface area contributed by atoms with Crippen LogP contribution in [-0.2, 0) is 9.59 Å². The third-order valence-electron chi connectivity index (χ3n) is 5.28. The normalized spacial score (nSPS) is 17.2. The van der Waals surface area contributed by atoms with E-state index >= 15 is 0 Å². The topological polar surface area (TPSA) is 99.1 Å². The number of amidine groups is 1. The fourth-order valence-electron chi connectivity index (χ4n) is 3.50. The van der Waals surface area contributed by atoms with Gasteiger partial charge >= 0.3 is 5.97 Å². The molecule has 33 heavy (non-hydrogen) atoms. The highest BCUT2D eigenvalue weighted by Gasteiger charge is 2.35. The van der Waals surface area contributed by atoms with Crippen LogP contribution in [0.5, 0.6) is 0 Å². The summed E-state index contributed by atoms with van der Waals surface area (Å²) in [5.41, 5.74) is 1.19. The highest BCUT2D eigenvalue weighted by molar-refractivity contribution is 8.15. The largest absolute Gasteiger partial charge is 0.478 e. The maximum absolute atomic E-state index is 13.0. The molecule has 174 valence electrons. The number of unbranched alkanes of at least 4 members (excludes halogenated alkanes) is 4. The third-order valence-corrected chi connectivity index (χ3v) is 6.46. The van der Waals surface area contributed by atoms with Crippen LogP contribution in [0.15, 0.2) is 59.6 Å². The number of nitrogens with zero attached hydrogens (tertiary/aromatic N) is 2. The summed E-state index contributed by atoms with van der Waals surface area (Å²) in [5.74, 6) is -1.54. The summed E-state index contributed by atoms with van der Waals surface area (Å²) in [4.78, 5) is 43.5. The Labute approximate surface area is 198 Å². The number of hydrogen-bond donors (Lipinski definition) is 2. The number of carbonyl (C=O) groups is 3. The van der Waals surface area contributed by atoms with Crippen molar-refractivity contribution < 1.29 is 19.5 Å². The Morgan fingerprint density at radius 3 is 2.58 bits per heavy atom. The molecule has 3 rings (SSSR count). The predicted octanol–water partition coefficient (Wildman–Crippen LogP) is 5.32. The average Bonchev–Trinajstić information content (AvgIpc) is 2.81. The first-order valence-corrected chi connectivity index (χ1v) is 12.1. The molecule has 8 heteroatoms. The number of aliphatic imine (C=N–C) groups is 1. The zero-order valence-electron chi connectivity index (χ0n) is 18.7. The molecule has 1 atom stereocenters. The second-order valence-electron chi connectivity index (χ2n) is 7.88. The van der Waals surface area contributed by atoms with Crippen LogP contribution in [0.4, 0.5) is 11.4 Å². The zero-order chi connectivity index (χ0) is 23.6. The number of rotatable bonds is 10. The lowest BCUT2D eigenvalue weighted by molar-refractivity contribution is -0.129. The van der Waals surface area contributed by atoms with Gasteiger partial charge in [0.25, 0.3) is 0 Å². The van der Waals surface area contributed by atoms with Gasteiger partial charge in [-0.25, -0.2) is 9.79 Å². The summed E-state index contributed by atoms with van der Waals surface area (Å²) in [5, 5.41) is 11.8. The quantitative estimate of drug-likeness (QED) is 0.461. The number of carbonyl (C=O) groups excluding carboxylic acids is 2. The number of thioether (sulfide) groups is 1. The lowest BCUT2D eigenvalue weighted by atomic mass is 10.1. The van der Waals surface area contributed by atoms with E-state index in [1.807, 2.05) is 30.3 Å². The minimum absolute atomic E-state index is 0.0674. The summed E-state index contributed by atoms with van der Waals surface area (Å²) in [6.07, 6.45) is 5.48. The summed E-state index contributed by atoms with van der Waals surface area (Å²) in [7, 11) is 0. The van der Waals surface area contributed by atoms with E-state index in [1.54, 1.807) is 17.0 Å². The van der Waals surface area contributed by atoms with Crippen molar-refractivity contribution in [2.45, 2.75) is 50.7 Å². The van der Waals surface area contributed by atoms with Gasteiger partial charge in [0.1, 0.15) is 5.25 Å². The van der Waals surface area contributed by atoms with E-state index in [-0.39, 0.29) is 23.8 Å². The Balaban J connectivity index is 1.74. The maximum Gasteiger partial charge on any atom is 0.335 e. The zero-order valence-corrected chi connectivity index (χ0v) is 19.5. The molecule has 0 bridgehead atoms. The van der Waals surface area contributed by atoms with E-state index in [9.17, 15) is 14.4 Å². The number of amides is 2. The van der Waals surface area contributed by atoms with Crippen molar-refractivity contribution in [3.8, 4) is 0 Å². The molecular weight excluding hydrogens is 438 g/mol. The molecule has 0 aromatic heterocycles. The molecule has 2 amide bonds. The maximum atomic E-state index is 13.0. The smallest absolute Gasteiger partial charge is 0.335 e. The standard InChI is InChI=1S/C25H29N3O4S/c1-2-3-4-5-9-15-28-22(29)17-21(33-25(28)27-19-12-7-6-8-13-19)23(30)26-20-14-10-11-18(16-20)24(31)32/h6-8,10-14,16,21H,2-5,9,15,17H2,1H3,(H,26,30)(H,31,32). The van der Waals surface area contributed by atoms with E-state index in [1.165, 1.54) is 30.3 Å². The number of benzene rings is 2. The van der Waals surface area contributed by atoms with Gasteiger partial charge in [0.2, 0.25) is 11.8 Å². The molecule has 0 radical (unpaired) electrons. The van der Waals surface area contributed by atoms with E-state index in [2.05, 4.69) is 17.2 Å². The van der Waals surface area contributed by atoms with Gasteiger partial charge in [-0.3, -0.25) is 14.5 Å². The molecule has 0 aliphatic carbocycles. The number of anilines is 1. The molecule has 2 aromatic carbocycles. The van der Waals surface area contributed by atoms with E-state index < -0.39 is 11.2 Å². The number of para-hydroxylation sites is 1. The van der Waals surface area contributed by atoms with Gasteiger partial charge in [-0.15, -0.1) is 0 Å². The van der Waals surface area contributed by atoms with Crippen molar-refractivity contribution in [1.82, 2.24) is 4.90 Å². The van der Waals surface area contributed by atoms with Crippen LogP contribution in [-0.4, -0.2) is 44.8 Å². The highest BCUT2D eigenvalue weighted by atomic mass is 32.2. The molecule has 1 saturated heterocycles. The van der Waals surface area contributed by atoms with Gasteiger partial charge in [-0.2, -0.15) is 0 Å². The van der Waals surface area contributed by atoms with Crippen LogP contribution < -0.4 is 5.32 Å². The number of aromatic carboxylic acids is 1. The van der Waals surface area contributed by atoms with E-state index in [4.69, 9.17) is 5.11 Å². The molecule has 1 aliphatic rings. The lowest BCUT2D eigenvalue weighted by Crippen LogP contribution is -2.45. The molecule has 1 heterocycles. The Bertz CT molecular complexity index is 1010. The first-order chi connectivity index (χ1) is 16.0. The van der Waals surface area contributed by atoms with E-state index in [0.29, 0.717) is 17.4 Å². The van der Waals surface area contributed by atoms with Crippen LogP contribution in [0.2, 0.25) is 0 Å². The molecule has 0 spiro atoms. The first-order valence-electron chi connectivity index (χ1n) is 11.2. The average molecular weight is 468 g/mol. The lowest BCUT2D eigenvalue weighted by Gasteiger charge is -2.32. The molecule has 0 saturated carbocycles. The SMILES string of the molecule is CCCCCCCN1C(=O)CC(C(=O)Nc2cccc(C(=O)O)c2)SC1=Nc1ccccc1. The molecule has 1 unspecified atom stereocenters. The van der Waals surface area contributed by atoms with Crippen molar-refractivity contribution in [2.24, 2.45) is 4.99 Å². The Morgan fingerprint density at radius 1 is 1.09 bits per heavy atom. The number of nitrogens with one attached hydrogen (secondary N) is 1. The fraction of sp³-hybridized carbons (Fsp3) is 0.360. The van der Waals surface area contributed by atoms with Crippen molar-refractivity contribution in [2.75, 3.05) is 11.9 Å². The van der Waals surface area contributed by atoms with Crippen molar-refractivity contribution >= 4 is 46.1 Å². The van der Waals surface area contributed by atoms with Gasteiger partial charge in [0.05, 0.1) is 11.3 Å². The van der Waals surface area contributed by atoms with Gasteiger partial charge in [-0.05, 0) is 36.8 Å². The van der Waals surface area contributed by atoms with E-state index in [0.717, 1.165) is 31.4 Å². The Hall–Kier alpha value is -3.13. The molecule has 7 nitrogen and oxygen atoms in total. The second kappa shape index (κ2) is 12.2. The molecular formula is C25H29N3O4S. The Morgan fingerprint density at radius 2 is 1.85 bits per heavy atom. The van der Waals surface area contributed by atoms with Crippen LogP contribution in [0.3, 0.4) is 0 Å². The van der Waals surface area contributed by atoms with Crippen LogP contribution in [0.1, 0.15) is 55.8 Å². The van der Waals surface area contributed by atoms with Crippen LogP contribution in [0.25, 0.3) is 0 Å². The minimum atomic E-state index is -1.07. The first kappa shape index (κ1) is 24.5. The number of carboxylic acid groups (broad SMARTS) is 1. The van der Waals surface area contributed by atoms with Crippen molar-refractivity contribution in [3.63, 3.8) is 0 Å². The van der Waals surface area contributed by atoms with Crippen LogP contribution >= 0.6 is 11.8 Å². The second-order valence-corrected chi connectivity index (χ2v) is 9.05. The molecule has 2 aromatic rings. The van der Waals surface area contributed by atoms with Crippen LogP contribution in [0, 0.1) is 0 Å². The summed E-state index contributed by atoms with van der Waals surface area (Å²) < 4.78 is 0. The summed E-state index contributed by atoms with van der Waals surface area (Å²) in [6.45, 7) is 2.74.